The van der Waals surface area contributed by atoms with Gasteiger partial charge >= 0.3 is 0 Å². The maximum absolute atomic E-state index is 12.4. The Morgan fingerprint density at radius 2 is 2.10 bits per heavy atom. The molecule has 0 aromatic heterocycles. The number of carbonyl (C=O) groups excluding carboxylic acids is 2. The van der Waals surface area contributed by atoms with Gasteiger partial charge in [0.25, 0.3) is 0 Å². The van der Waals surface area contributed by atoms with Gasteiger partial charge in [-0.15, -0.1) is 0 Å². The zero-order valence-electron chi connectivity index (χ0n) is 12.2. The molecule has 0 bridgehead atoms. The average molecular weight is 310 g/mol. The lowest BCUT2D eigenvalue weighted by molar-refractivity contribution is -0.127. The summed E-state index contributed by atoms with van der Waals surface area (Å²) in [5.41, 5.74) is 6.47. The number of nitrogens with zero attached hydrogens (tertiary/aromatic N) is 1. The lowest BCUT2D eigenvalue weighted by atomic mass is 10.0. The largest absolute Gasteiger partial charge is 0.343 e. The van der Waals surface area contributed by atoms with Crippen LogP contribution in [0.5, 0.6) is 0 Å². The van der Waals surface area contributed by atoms with Gasteiger partial charge in [-0.25, -0.2) is 0 Å². The topological polar surface area (TPSA) is 75.4 Å². The van der Waals surface area contributed by atoms with E-state index in [0.717, 1.165) is 0 Å². The molecule has 0 spiro atoms. The van der Waals surface area contributed by atoms with Crippen LogP contribution >= 0.6 is 11.6 Å². The smallest absolute Gasteiger partial charge is 0.249 e. The third-order valence-corrected chi connectivity index (χ3v) is 4.01. The Balaban J connectivity index is 2.06. The van der Waals surface area contributed by atoms with Gasteiger partial charge < -0.3 is 16.0 Å². The molecule has 2 atom stereocenters. The number of benzene rings is 1. The van der Waals surface area contributed by atoms with Crippen LogP contribution in [0.25, 0.3) is 0 Å². The number of hydrogen-bond acceptors (Lipinski definition) is 3. The Hall–Kier alpha value is -1.59. The number of halogens is 1. The lowest BCUT2D eigenvalue weighted by Crippen LogP contribution is -2.50. The van der Waals surface area contributed by atoms with Crippen molar-refractivity contribution in [2.45, 2.75) is 32.4 Å². The minimum Gasteiger partial charge on any atom is -0.343 e. The summed E-state index contributed by atoms with van der Waals surface area (Å²) in [6.45, 7) is 4.28. The molecule has 0 radical (unpaired) electrons. The van der Waals surface area contributed by atoms with E-state index in [2.05, 4.69) is 5.32 Å². The number of nitrogens with one attached hydrogen (secondary N) is 1. The molecule has 1 aliphatic rings. The number of amides is 2. The van der Waals surface area contributed by atoms with Crippen LogP contribution in [-0.4, -0.2) is 30.4 Å². The molecule has 1 aliphatic heterocycles. The van der Waals surface area contributed by atoms with E-state index in [0.29, 0.717) is 23.7 Å². The molecule has 1 heterocycles. The van der Waals surface area contributed by atoms with E-state index in [-0.39, 0.29) is 17.7 Å². The Kier molecular flexibility index (Phi) is 4.85. The van der Waals surface area contributed by atoms with Gasteiger partial charge in [-0.3, -0.25) is 9.59 Å². The molecule has 1 aromatic rings. The van der Waals surface area contributed by atoms with Crippen LogP contribution in [-0.2, 0) is 9.59 Å². The molecule has 3 N–H and O–H groups in total. The molecule has 2 amide bonds. The summed E-state index contributed by atoms with van der Waals surface area (Å²) in [4.78, 5) is 26.0. The minimum absolute atomic E-state index is 0.0289. The number of rotatable bonds is 4. The molecular weight excluding hydrogens is 290 g/mol. The van der Waals surface area contributed by atoms with Crippen LogP contribution in [0.2, 0.25) is 5.02 Å². The van der Waals surface area contributed by atoms with Crippen molar-refractivity contribution in [3.8, 4) is 0 Å². The molecule has 1 unspecified atom stereocenters. The summed E-state index contributed by atoms with van der Waals surface area (Å²) in [6, 6.07) is 6.04. The molecule has 0 aliphatic carbocycles. The minimum atomic E-state index is -0.604. The quantitative estimate of drug-likeness (QED) is 0.886. The number of nitrogens with two attached hydrogens (primary N) is 1. The summed E-state index contributed by atoms with van der Waals surface area (Å²) < 4.78 is 0. The third-order valence-electron chi connectivity index (χ3n) is 3.69. The highest BCUT2D eigenvalue weighted by Gasteiger charge is 2.35. The summed E-state index contributed by atoms with van der Waals surface area (Å²) in [5.74, 6) is -0.405. The van der Waals surface area contributed by atoms with Gasteiger partial charge in [0.15, 0.2) is 0 Å². The normalized spacial score (nSPS) is 20.0. The van der Waals surface area contributed by atoms with Gasteiger partial charge in [0, 0.05) is 6.54 Å². The first-order chi connectivity index (χ1) is 9.91. The summed E-state index contributed by atoms with van der Waals surface area (Å²) in [6.07, 6.45) is 0.556. The second kappa shape index (κ2) is 6.45. The highest BCUT2D eigenvalue weighted by atomic mass is 35.5. The standard InChI is InChI=1S/C15H20ClN3O2/c1-9(2)13(17)14(20)18-11-7-8-19(15(11)21)12-6-4-3-5-10(12)16/h3-6,9,11,13H,7-8,17H2,1-2H3,(H,18,20)/t11?,13-/m0/s1. The van der Waals surface area contributed by atoms with Gasteiger partial charge in [-0.05, 0) is 24.5 Å². The average Bonchev–Trinajstić information content (AvgIpc) is 2.80. The Bertz CT molecular complexity index is 547. The van der Waals surface area contributed by atoms with E-state index in [4.69, 9.17) is 17.3 Å². The first-order valence-corrected chi connectivity index (χ1v) is 7.41. The predicted octanol–water partition coefficient (Wildman–Crippen LogP) is 1.54. The van der Waals surface area contributed by atoms with Crippen molar-refractivity contribution >= 4 is 29.1 Å². The monoisotopic (exact) mass is 309 g/mol. The summed E-state index contributed by atoms with van der Waals surface area (Å²) in [7, 11) is 0. The maximum atomic E-state index is 12.4. The number of hydrogen-bond donors (Lipinski definition) is 2. The molecule has 114 valence electrons. The van der Waals surface area contributed by atoms with E-state index < -0.39 is 12.1 Å². The van der Waals surface area contributed by atoms with Crippen molar-refractivity contribution < 1.29 is 9.59 Å². The van der Waals surface area contributed by atoms with E-state index in [1.807, 2.05) is 26.0 Å². The zero-order valence-corrected chi connectivity index (χ0v) is 12.9. The van der Waals surface area contributed by atoms with Gasteiger partial charge in [0.2, 0.25) is 11.8 Å². The van der Waals surface area contributed by atoms with Crippen molar-refractivity contribution in [3.63, 3.8) is 0 Å². The van der Waals surface area contributed by atoms with E-state index in [1.165, 1.54) is 0 Å². The molecule has 6 heteroatoms. The second-order valence-electron chi connectivity index (χ2n) is 5.56. The number of anilines is 1. The molecular formula is C15H20ClN3O2. The summed E-state index contributed by atoms with van der Waals surface area (Å²) in [5, 5.41) is 3.26. The van der Waals surface area contributed by atoms with Crippen LogP contribution in [0.4, 0.5) is 5.69 Å². The zero-order chi connectivity index (χ0) is 15.6. The lowest BCUT2D eigenvalue weighted by Gasteiger charge is -2.20. The SMILES string of the molecule is CC(C)[C@H](N)C(=O)NC1CCN(c2ccccc2Cl)C1=O. The van der Waals surface area contributed by atoms with Gasteiger partial charge in [0.05, 0.1) is 16.8 Å². The molecule has 0 saturated carbocycles. The number of para-hydroxylation sites is 1. The highest BCUT2D eigenvalue weighted by molar-refractivity contribution is 6.34. The van der Waals surface area contributed by atoms with Gasteiger partial charge in [0.1, 0.15) is 6.04 Å². The van der Waals surface area contributed by atoms with E-state index in [9.17, 15) is 9.59 Å². The molecule has 1 fully saturated rings. The molecule has 21 heavy (non-hydrogen) atoms. The molecule has 2 rings (SSSR count). The Morgan fingerprint density at radius 3 is 2.71 bits per heavy atom. The van der Waals surface area contributed by atoms with Gasteiger partial charge in [-0.1, -0.05) is 37.6 Å². The fourth-order valence-electron chi connectivity index (χ4n) is 2.29. The molecule has 1 aromatic carbocycles. The second-order valence-corrected chi connectivity index (χ2v) is 5.97. The van der Waals surface area contributed by atoms with Crippen molar-refractivity contribution in [2.75, 3.05) is 11.4 Å². The van der Waals surface area contributed by atoms with Crippen LogP contribution in [0, 0.1) is 5.92 Å². The first-order valence-electron chi connectivity index (χ1n) is 7.03. The van der Waals surface area contributed by atoms with Crippen LogP contribution in [0.15, 0.2) is 24.3 Å². The van der Waals surface area contributed by atoms with Gasteiger partial charge in [-0.2, -0.15) is 0 Å². The maximum Gasteiger partial charge on any atom is 0.249 e. The van der Waals surface area contributed by atoms with Crippen molar-refractivity contribution in [2.24, 2.45) is 11.7 Å². The fourth-order valence-corrected chi connectivity index (χ4v) is 2.53. The Morgan fingerprint density at radius 1 is 1.43 bits per heavy atom. The predicted molar refractivity (Wildman–Crippen MR) is 83.2 cm³/mol. The van der Waals surface area contributed by atoms with E-state index in [1.54, 1.807) is 17.0 Å². The third kappa shape index (κ3) is 3.36. The van der Waals surface area contributed by atoms with Crippen LogP contribution < -0.4 is 16.0 Å². The fraction of sp³-hybridized carbons (Fsp3) is 0.467. The first kappa shape index (κ1) is 15.8. The van der Waals surface area contributed by atoms with E-state index >= 15 is 0 Å². The summed E-state index contributed by atoms with van der Waals surface area (Å²) >= 11 is 6.11. The Labute approximate surface area is 129 Å². The van der Waals surface area contributed by atoms with Crippen molar-refractivity contribution in [3.05, 3.63) is 29.3 Å². The molecule has 5 nitrogen and oxygen atoms in total. The number of carbonyl (C=O) groups is 2. The highest BCUT2D eigenvalue weighted by Crippen LogP contribution is 2.28. The van der Waals surface area contributed by atoms with Crippen molar-refractivity contribution in [1.29, 1.82) is 0 Å². The van der Waals surface area contributed by atoms with Crippen molar-refractivity contribution in [1.82, 2.24) is 5.32 Å². The molecule has 1 saturated heterocycles. The van der Waals surface area contributed by atoms with Crippen LogP contribution in [0.1, 0.15) is 20.3 Å². The van der Waals surface area contributed by atoms with Crippen LogP contribution in [0.3, 0.4) is 0 Å².